The molecule has 5 nitrogen and oxygen atoms in total. The van der Waals surface area contributed by atoms with Gasteiger partial charge in [-0.15, -0.1) is 0 Å². The first-order valence-electron chi connectivity index (χ1n) is 11.6. The van der Waals surface area contributed by atoms with Crippen molar-refractivity contribution < 1.29 is 35.5 Å². The van der Waals surface area contributed by atoms with Gasteiger partial charge in [0, 0.05) is 6.20 Å². The highest BCUT2D eigenvalue weighted by molar-refractivity contribution is 6.09. The average molecular weight is 559 g/mol. The minimum atomic E-state index is -4.75. The quantitative estimate of drug-likeness (QED) is 0.194. The number of aromatic nitrogens is 2. The number of fused-ring (bicyclic) bond motifs is 1. The maximum absolute atomic E-state index is 15.0. The molecule has 40 heavy (non-hydrogen) atoms. The predicted molar refractivity (Wildman–Crippen MR) is 132 cm³/mol. The molecule has 0 aliphatic heterocycles. The van der Waals surface area contributed by atoms with Crippen LogP contribution in [-0.4, -0.2) is 15.1 Å². The van der Waals surface area contributed by atoms with E-state index in [0.717, 1.165) is 0 Å². The fraction of sp³-hybridized carbons (Fsp3) is 0.0714. The van der Waals surface area contributed by atoms with E-state index in [1.54, 1.807) is 41.7 Å². The molecule has 0 unspecified atom stereocenters. The van der Waals surface area contributed by atoms with Crippen LogP contribution in [0.3, 0.4) is 0 Å². The number of anilines is 1. The summed E-state index contributed by atoms with van der Waals surface area (Å²) in [6.45, 7) is 0.0337. The summed E-state index contributed by atoms with van der Waals surface area (Å²) in [5.74, 6) is -9.24. The Labute approximate surface area is 220 Å². The van der Waals surface area contributed by atoms with E-state index in [4.69, 9.17) is 0 Å². The summed E-state index contributed by atoms with van der Waals surface area (Å²) >= 11 is 0. The minimum absolute atomic E-state index is 0.0337. The fourth-order valence-electron chi connectivity index (χ4n) is 4.29. The van der Waals surface area contributed by atoms with Gasteiger partial charge in [0.2, 0.25) is 0 Å². The molecular formula is C28H16F7N3O2. The average Bonchev–Trinajstić information content (AvgIpc) is 3.21. The minimum Gasteiger partial charge on any atom is -0.317 e. The molecule has 2 heterocycles. The molecule has 0 atom stereocenters. The number of amides is 1. The highest BCUT2D eigenvalue weighted by Crippen LogP contribution is 2.36. The van der Waals surface area contributed by atoms with E-state index in [1.165, 1.54) is 27.5 Å². The zero-order valence-electron chi connectivity index (χ0n) is 20.1. The van der Waals surface area contributed by atoms with E-state index >= 15 is 0 Å². The highest BCUT2D eigenvalue weighted by Gasteiger charge is 2.32. The number of carbonyl (C=O) groups excluding carboxylic acids is 1. The van der Waals surface area contributed by atoms with Crippen LogP contribution in [-0.2, 0) is 12.7 Å². The van der Waals surface area contributed by atoms with Crippen LogP contribution in [0, 0.1) is 23.3 Å². The maximum Gasteiger partial charge on any atom is 0.416 e. The van der Waals surface area contributed by atoms with Crippen molar-refractivity contribution in [3.05, 3.63) is 129 Å². The normalized spacial score (nSPS) is 11.7. The summed E-state index contributed by atoms with van der Waals surface area (Å²) in [7, 11) is 0. The van der Waals surface area contributed by atoms with Gasteiger partial charge >= 0.3 is 6.18 Å². The van der Waals surface area contributed by atoms with Gasteiger partial charge in [-0.25, -0.2) is 22.2 Å². The van der Waals surface area contributed by atoms with Crippen molar-refractivity contribution in [2.75, 3.05) is 5.32 Å². The van der Waals surface area contributed by atoms with E-state index in [2.05, 4.69) is 0 Å². The number of carbonyl (C=O) groups is 1. The lowest BCUT2D eigenvalue weighted by atomic mass is 10.0. The number of rotatable bonds is 5. The third-order valence-corrected chi connectivity index (χ3v) is 6.21. The number of nitrogens with one attached hydrogen (secondary N) is 1. The van der Waals surface area contributed by atoms with Gasteiger partial charge in [0.15, 0.2) is 23.3 Å². The summed E-state index contributed by atoms with van der Waals surface area (Å²) in [6.07, 6.45) is -3.26. The third kappa shape index (κ3) is 4.61. The molecule has 2 aromatic heterocycles. The van der Waals surface area contributed by atoms with Crippen LogP contribution in [0.5, 0.6) is 0 Å². The topological polar surface area (TPSA) is 55.5 Å². The Hall–Kier alpha value is -4.87. The van der Waals surface area contributed by atoms with Crippen LogP contribution in [0.25, 0.3) is 16.6 Å². The molecule has 0 saturated carbocycles. The number of alkyl halides is 3. The van der Waals surface area contributed by atoms with Crippen molar-refractivity contribution >= 4 is 17.1 Å². The Morgan fingerprint density at radius 1 is 0.775 bits per heavy atom. The SMILES string of the molecule is O=C(Nc1c(F)c(F)c(-c2ccc(C(F)(F)F)cc2)c(F)c1F)c1c(=O)n(Cc2ccccc2)n2ccccc12. The molecule has 5 rings (SSSR count). The zero-order chi connectivity index (χ0) is 28.8. The number of benzene rings is 3. The lowest BCUT2D eigenvalue weighted by Crippen LogP contribution is -2.26. The molecule has 1 N–H and O–H groups in total. The molecule has 3 aromatic carbocycles. The van der Waals surface area contributed by atoms with Gasteiger partial charge in [-0.3, -0.25) is 14.1 Å². The van der Waals surface area contributed by atoms with Gasteiger partial charge in [-0.2, -0.15) is 13.2 Å². The Morgan fingerprint density at radius 2 is 1.38 bits per heavy atom. The summed E-state index contributed by atoms with van der Waals surface area (Å²) in [6, 6.07) is 15.5. The summed E-state index contributed by atoms with van der Waals surface area (Å²) in [5.41, 5.74) is -5.08. The number of hydrogen-bond acceptors (Lipinski definition) is 2. The Kier molecular flexibility index (Phi) is 6.70. The molecule has 1 amide bonds. The number of pyridine rings is 1. The summed E-state index contributed by atoms with van der Waals surface area (Å²) in [5, 5.41) is 1.75. The lowest BCUT2D eigenvalue weighted by molar-refractivity contribution is -0.137. The molecule has 0 spiro atoms. The van der Waals surface area contributed by atoms with Crippen molar-refractivity contribution in [2.24, 2.45) is 0 Å². The number of halogens is 7. The van der Waals surface area contributed by atoms with Gasteiger partial charge in [0.05, 0.1) is 23.2 Å². The predicted octanol–water partition coefficient (Wildman–Crippen LogP) is 6.64. The van der Waals surface area contributed by atoms with Gasteiger partial charge < -0.3 is 5.32 Å². The van der Waals surface area contributed by atoms with Crippen LogP contribution in [0.1, 0.15) is 21.5 Å². The largest absolute Gasteiger partial charge is 0.416 e. The molecule has 5 aromatic rings. The van der Waals surface area contributed by atoms with E-state index in [1.807, 2.05) is 0 Å². The van der Waals surface area contributed by atoms with Crippen LogP contribution in [0.4, 0.5) is 36.4 Å². The second-order valence-electron chi connectivity index (χ2n) is 8.69. The first kappa shape index (κ1) is 26.7. The Balaban J connectivity index is 1.55. The second-order valence-corrected chi connectivity index (χ2v) is 8.69. The van der Waals surface area contributed by atoms with Gasteiger partial charge in [-0.1, -0.05) is 48.5 Å². The zero-order valence-corrected chi connectivity index (χ0v) is 20.1. The number of hydrogen-bond donors (Lipinski definition) is 1. The van der Waals surface area contributed by atoms with Crippen LogP contribution in [0.2, 0.25) is 0 Å². The molecule has 0 aliphatic carbocycles. The van der Waals surface area contributed by atoms with E-state index in [9.17, 15) is 40.3 Å². The molecule has 0 radical (unpaired) electrons. The molecule has 12 heteroatoms. The molecule has 0 fully saturated rings. The van der Waals surface area contributed by atoms with E-state index in [-0.39, 0.29) is 12.1 Å². The highest BCUT2D eigenvalue weighted by atomic mass is 19.4. The van der Waals surface area contributed by atoms with E-state index in [0.29, 0.717) is 29.8 Å². The van der Waals surface area contributed by atoms with Gasteiger partial charge in [0.25, 0.3) is 11.5 Å². The lowest BCUT2D eigenvalue weighted by Gasteiger charge is -2.13. The molecule has 0 aliphatic rings. The molecule has 204 valence electrons. The van der Waals surface area contributed by atoms with Crippen molar-refractivity contribution in [2.45, 2.75) is 12.7 Å². The van der Waals surface area contributed by atoms with Crippen LogP contribution in [0.15, 0.2) is 83.8 Å². The van der Waals surface area contributed by atoms with Gasteiger partial charge in [0.1, 0.15) is 11.3 Å². The molecule has 0 bridgehead atoms. The fourth-order valence-corrected chi connectivity index (χ4v) is 4.29. The molecule has 0 saturated heterocycles. The van der Waals surface area contributed by atoms with Crippen molar-refractivity contribution in [1.29, 1.82) is 0 Å². The Morgan fingerprint density at radius 3 is 1.98 bits per heavy atom. The van der Waals surface area contributed by atoms with Gasteiger partial charge in [-0.05, 0) is 35.4 Å². The van der Waals surface area contributed by atoms with Crippen LogP contribution < -0.4 is 10.9 Å². The third-order valence-electron chi connectivity index (χ3n) is 6.21. The van der Waals surface area contributed by atoms with Crippen molar-refractivity contribution in [1.82, 2.24) is 9.20 Å². The Bertz CT molecular complexity index is 1780. The van der Waals surface area contributed by atoms with Crippen LogP contribution >= 0.6 is 0 Å². The smallest absolute Gasteiger partial charge is 0.317 e. The standard InChI is InChI=1S/C28H16F7N3O2/c29-21-19(16-9-11-17(12-10-16)28(33,34)35)22(30)24(32)25(23(21)31)36-26(39)20-18-8-4-5-13-37(18)38(27(20)40)14-15-6-2-1-3-7-15/h1-13H,14H2,(H,36,39). The first-order chi connectivity index (χ1) is 19.0. The molecular weight excluding hydrogens is 543 g/mol. The first-order valence-corrected chi connectivity index (χ1v) is 11.6. The summed E-state index contributed by atoms with van der Waals surface area (Å²) < 4.78 is 101. The second kappa shape index (κ2) is 10.0. The maximum atomic E-state index is 15.0. The number of nitrogens with zero attached hydrogens (tertiary/aromatic N) is 2. The van der Waals surface area contributed by atoms with Crippen molar-refractivity contribution in [3.63, 3.8) is 0 Å². The summed E-state index contributed by atoms with van der Waals surface area (Å²) in [4.78, 5) is 26.3. The monoisotopic (exact) mass is 559 g/mol. The van der Waals surface area contributed by atoms with Crippen molar-refractivity contribution in [3.8, 4) is 11.1 Å². The van der Waals surface area contributed by atoms with E-state index < -0.39 is 68.9 Å².